The number of hydrogen-bond acceptors (Lipinski definition) is 3. The van der Waals surface area contributed by atoms with E-state index in [-0.39, 0.29) is 6.10 Å². The highest BCUT2D eigenvalue weighted by Gasteiger charge is 2.30. The van der Waals surface area contributed by atoms with E-state index in [2.05, 4.69) is 19.2 Å². The Morgan fingerprint density at radius 3 is 3.00 bits per heavy atom. The van der Waals surface area contributed by atoms with Gasteiger partial charge < -0.3 is 10.4 Å². The smallest absolute Gasteiger partial charge is 0.0922 e. The zero-order valence-electron chi connectivity index (χ0n) is 10.1. The predicted molar refractivity (Wildman–Crippen MR) is 68.7 cm³/mol. The number of rotatable bonds is 4. The molecule has 1 saturated carbocycles. The fraction of sp³-hybridized carbons (Fsp3) is 0.692. The van der Waals surface area contributed by atoms with Gasteiger partial charge in [-0.2, -0.15) is 11.3 Å². The summed E-state index contributed by atoms with van der Waals surface area (Å²) in [6.45, 7) is 5.32. The molecule has 0 aromatic carbocycles. The average molecular weight is 239 g/mol. The van der Waals surface area contributed by atoms with Gasteiger partial charge >= 0.3 is 0 Å². The molecule has 2 nitrogen and oxygen atoms in total. The molecule has 1 aromatic heterocycles. The summed E-state index contributed by atoms with van der Waals surface area (Å²) in [6.07, 6.45) is 3.40. The number of aliphatic hydroxyl groups is 1. The first-order valence-electron chi connectivity index (χ1n) is 6.00. The molecule has 2 rings (SSSR count). The van der Waals surface area contributed by atoms with Crippen LogP contribution in [0.2, 0.25) is 0 Å². The van der Waals surface area contributed by atoms with E-state index in [9.17, 15) is 5.11 Å². The molecule has 0 aliphatic heterocycles. The van der Waals surface area contributed by atoms with E-state index in [1.54, 1.807) is 11.3 Å². The summed E-state index contributed by atoms with van der Waals surface area (Å²) in [5.74, 6) is 0. The standard InChI is InChI=1S/C13H21NOS/c1-13(2)5-3-11(7-13)14-8-12(15)10-4-6-16-9-10/h4,6,9,11-12,14-15H,3,5,7-8H2,1-2H3. The molecule has 1 aliphatic rings. The van der Waals surface area contributed by atoms with Gasteiger partial charge in [0, 0.05) is 12.6 Å². The Hall–Kier alpha value is -0.380. The van der Waals surface area contributed by atoms with Crippen molar-refractivity contribution in [1.29, 1.82) is 0 Å². The van der Waals surface area contributed by atoms with E-state index in [4.69, 9.17) is 0 Å². The van der Waals surface area contributed by atoms with Crippen LogP contribution in [0.5, 0.6) is 0 Å². The van der Waals surface area contributed by atoms with Crippen molar-refractivity contribution >= 4 is 11.3 Å². The van der Waals surface area contributed by atoms with Gasteiger partial charge in [0.05, 0.1) is 6.10 Å². The maximum atomic E-state index is 9.94. The minimum Gasteiger partial charge on any atom is -0.387 e. The number of thiophene rings is 1. The van der Waals surface area contributed by atoms with Crippen LogP contribution >= 0.6 is 11.3 Å². The Bertz CT molecular complexity index is 321. The molecule has 0 spiro atoms. The first-order valence-corrected chi connectivity index (χ1v) is 6.95. The van der Waals surface area contributed by atoms with Crippen LogP contribution in [-0.4, -0.2) is 17.7 Å². The molecule has 3 heteroatoms. The molecule has 2 atom stereocenters. The van der Waals surface area contributed by atoms with Crippen LogP contribution in [0.4, 0.5) is 0 Å². The van der Waals surface area contributed by atoms with Gasteiger partial charge in [-0.1, -0.05) is 13.8 Å². The Kier molecular flexibility index (Phi) is 3.67. The second kappa shape index (κ2) is 4.86. The van der Waals surface area contributed by atoms with Crippen LogP contribution < -0.4 is 5.32 Å². The quantitative estimate of drug-likeness (QED) is 0.846. The Balaban J connectivity index is 1.76. The SMILES string of the molecule is CC1(C)CCC(NCC(O)c2ccsc2)C1. The molecule has 1 heterocycles. The van der Waals surface area contributed by atoms with Gasteiger partial charge in [-0.15, -0.1) is 0 Å². The van der Waals surface area contributed by atoms with E-state index in [0.717, 1.165) is 5.56 Å². The fourth-order valence-electron chi connectivity index (χ4n) is 2.47. The lowest BCUT2D eigenvalue weighted by atomic mass is 9.92. The van der Waals surface area contributed by atoms with E-state index in [0.29, 0.717) is 18.0 Å². The van der Waals surface area contributed by atoms with Gasteiger partial charge in [-0.3, -0.25) is 0 Å². The van der Waals surface area contributed by atoms with Gasteiger partial charge in [0.2, 0.25) is 0 Å². The highest BCUT2D eigenvalue weighted by Crippen LogP contribution is 2.36. The molecule has 0 radical (unpaired) electrons. The summed E-state index contributed by atoms with van der Waals surface area (Å²) < 4.78 is 0. The lowest BCUT2D eigenvalue weighted by molar-refractivity contribution is 0.169. The lowest BCUT2D eigenvalue weighted by Gasteiger charge is -2.19. The maximum absolute atomic E-state index is 9.94. The van der Waals surface area contributed by atoms with Gasteiger partial charge in [0.1, 0.15) is 0 Å². The lowest BCUT2D eigenvalue weighted by Crippen LogP contribution is -2.31. The van der Waals surface area contributed by atoms with Crippen LogP contribution in [0.25, 0.3) is 0 Å². The molecule has 1 aliphatic carbocycles. The summed E-state index contributed by atoms with van der Waals surface area (Å²) in [6, 6.07) is 2.58. The number of aliphatic hydroxyl groups excluding tert-OH is 1. The second-order valence-electron chi connectivity index (χ2n) is 5.58. The fourth-order valence-corrected chi connectivity index (χ4v) is 3.18. The van der Waals surface area contributed by atoms with Crippen molar-refractivity contribution in [2.24, 2.45) is 5.41 Å². The van der Waals surface area contributed by atoms with Gasteiger partial charge in [-0.05, 0) is 47.1 Å². The van der Waals surface area contributed by atoms with Crippen molar-refractivity contribution < 1.29 is 5.11 Å². The van der Waals surface area contributed by atoms with Gasteiger partial charge in [-0.25, -0.2) is 0 Å². The molecule has 2 unspecified atom stereocenters. The Morgan fingerprint density at radius 1 is 1.62 bits per heavy atom. The number of nitrogens with one attached hydrogen (secondary N) is 1. The van der Waals surface area contributed by atoms with Gasteiger partial charge in [0.15, 0.2) is 0 Å². The first-order chi connectivity index (χ1) is 7.57. The predicted octanol–water partition coefficient (Wildman–Crippen LogP) is 2.95. The minimum atomic E-state index is -0.352. The summed E-state index contributed by atoms with van der Waals surface area (Å²) in [7, 11) is 0. The van der Waals surface area contributed by atoms with E-state index in [1.165, 1.54) is 19.3 Å². The minimum absolute atomic E-state index is 0.352. The summed E-state index contributed by atoms with van der Waals surface area (Å²) >= 11 is 1.64. The van der Waals surface area contributed by atoms with Crippen LogP contribution in [0, 0.1) is 5.41 Å². The third kappa shape index (κ3) is 3.06. The van der Waals surface area contributed by atoms with Crippen LogP contribution in [0.15, 0.2) is 16.8 Å². The summed E-state index contributed by atoms with van der Waals surface area (Å²) in [5, 5.41) is 17.5. The maximum Gasteiger partial charge on any atom is 0.0922 e. The molecule has 0 bridgehead atoms. The summed E-state index contributed by atoms with van der Waals surface area (Å²) in [5.41, 5.74) is 1.51. The highest BCUT2D eigenvalue weighted by atomic mass is 32.1. The third-order valence-electron chi connectivity index (χ3n) is 3.50. The normalized spacial score (nSPS) is 25.8. The summed E-state index contributed by atoms with van der Waals surface area (Å²) in [4.78, 5) is 0. The van der Waals surface area contributed by atoms with Gasteiger partial charge in [0.25, 0.3) is 0 Å². The average Bonchev–Trinajstić information content (AvgIpc) is 2.83. The molecule has 0 saturated heterocycles. The molecule has 2 N–H and O–H groups in total. The molecular formula is C13H21NOS. The number of hydrogen-bond donors (Lipinski definition) is 2. The monoisotopic (exact) mass is 239 g/mol. The molecular weight excluding hydrogens is 218 g/mol. The Morgan fingerprint density at radius 2 is 2.44 bits per heavy atom. The zero-order chi connectivity index (χ0) is 11.6. The van der Waals surface area contributed by atoms with Crippen molar-refractivity contribution in [3.05, 3.63) is 22.4 Å². The molecule has 1 aromatic rings. The second-order valence-corrected chi connectivity index (χ2v) is 6.36. The molecule has 16 heavy (non-hydrogen) atoms. The van der Waals surface area contributed by atoms with Crippen molar-refractivity contribution in [1.82, 2.24) is 5.32 Å². The molecule has 1 fully saturated rings. The van der Waals surface area contributed by atoms with Crippen molar-refractivity contribution in [3.63, 3.8) is 0 Å². The third-order valence-corrected chi connectivity index (χ3v) is 4.20. The van der Waals surface area contributed by atoms with Crippen LogP contribution in [0.3, 0.4) is 0 Å². The van der Waals surface area contributed by atoms with E-state index < -0.39 is 0 Å². The molecule has 90 valence electrons. The highest BCUT2D eigenvalue weighted by molar-refractivity contribution is 7.07. The topological polar surface area (TPSA) is 32.3 Å². The molecule has 0 amide bonds. The Labute approximate surface area is 102 Å². The first kappa shape index (κ1) is 12.1. The van der Waals surface area contributed by atoms with Crippen LogP contribution in [0.1, 0.15) is 44.8 Å². The van der Waals surface area contributed by atoms with Crippen molar-refractivity contribution in [2.75, 3.05) is 6.54 Å². The van der Waals surface area contributed by atoms with E-state index in [1.807, 2.05) is 16.8 Å². The van der Waals surface area contributed by atoms with Crippen molar-refractivity contribution in [2.45, 2.75) is 45.3 Å². The zero-order valence-corrected chi connectivity index (χ0v) is 10.9. The largest absolute Gasteiger partial charge is 0.387 e. The van der Waals surface area contributed by atoms with E-state index >= 15 is 0 Å². The van der Waals surface area contributed by atoms with Crippen LogP contribution in [-0.2, 0) is 0 Å². The van der Waals surface area contributed by atoms with Crippen molar-refractivity contribution in [3.8, 4) is 0 Å².